The third-order valence-electron chi connectivity index (χ3n) is 4.65. The van der Waals surface area contributed by atoms with E-state index < -0.39 is 0 Å². The van der Waals surface area contributed by atoms with Crippen molar-refractivity contribution in [1.82, 2.24) is 0 Å². The van der Waals surface area contributed by atoms with E-state index in [0.717, 1.165) is 17.9 Å². The van der Waals surface area contributed by atoms with Gasteiger partial charge in [-0.05, 0) is 44.2 Å². The maximum atomic E-state index is 12.3. The van der Waals surface area contributed by atoms with E-state index in [2.05, 4.69) is 31.7 Å². The summed E-state index contributed by atoms with van der Waals surface area (Å²) in [6.45, 7) is 8.62. The van der Waals surface area contributed by atoms with Crippen molar-refractivity contribution in [3.63, 3.8) is 0 Å². The number of benzene rings is 1. The van der Waals surface area contributed by atoms with Crippen LogP contribution in [0.1, 0.15) is 52.0 Å². The summed E-state index contributed by atoms with van der Waals surface area (Å²) in [5, 5.41) is 0. The number of carbonyl (C=O) groups excluding carboxylic acids is 1. The molecule has 2 atom stereocenters. The van der Waals surface area contributed by atoms with Gasteiger partial charge in [-0.1, -0.05) is 26.0 Å². The van der Waals surface area contributed by atoms with Gasteiger partial charge in [0.2, 0.25) is 0 Å². The molecule has 1 aromatic carbocycles. The van der Waals surface area contributed by atoms with E-state index in [9.17, 15) is 4.79 Å². The number of fused-ring (bicyclic) bond motifs is 1. The van der Waals surface area contributed by atoms with Crippen molar-refractivity contribution in [3.05, 3.63) is 23.8 Å². The predicted molar refractivity (Wildman–Crippen MR) is 88.7 cm³/mol. The molecule has 0 saturated heterocycles. The minimum Gasteiger partial charge on any atom is -0.495 e. The van der Waals surface area contributed by atoms with Gasteiger partial charge in [0.05, 0.1) is 19.9 Å². The monoisotopic (exact) mass is 305 g/mol. The second kappa shape index (κ2) is 6.19. The maximum absolute atomic E-state index is 12.3. The summed E-state index contributed by atoms with van der Waals surface area (Å²) in [4.78, 5) is 14.5. The topological polar surface area (TPSA) is 38.8 Å². The number of para-hydroxylation sites is 1. The van der Waals surface area contributed by atoms with Gasteiger partial charge in [-0.15, -0.1) is 0 Å². The van der Waals surface area contributed by atoms with Crippen LogP contribution >= 0.6 is 0 Å². The lowest BCUT2D eigenvalue weighted by Crippen LogP contribution is -2.56. The summed E-state index contributed by atoms with van der Waals surface area (Å²) in [5.74, 6) is 1.05. The van der Waals surface area contributed by atoms with Crippen molar-refractivity contribution in [2.75, 3.05) is 19.1 Å². The summed E-state index contributed by atoms with van der Waals surface area (Å²) in [6, 6.07) is 5.81. The Hall–Kier alpha value is -1.71. The predicted octanol–water partition coefficient (Wildman–Crippen LogP) is 3.74. The Balaban J connectivity index is 2.65. The highest BCUT2D eigenvalue weighted by Gasteiger charge is 2.43. The normalized spacial score (nSPS) is 21.0. The lowest BCUT2D eigenvalue weighted by Gasteiger charge is -2.50. The third kappa shape index (κ3) is 2.67. The van der Waals surface area contributed by atoms with Crippen molar-refractivity contribution >= 4 is 11.7 Å². The first kappa shape index (κ1) is 16.7. The van der Waals surface area contributed by atoms with Gasteiger partial charge in [0.25, 0.3) is 0 Å². The van der Waals surface area contributed by atoms with Crippen LogP contribution in [0.25, 0.3) is 0 Å². The van der Waals surface area contributed by atoms with Crippen molar-refractivity contribution in [3.8, 4) is 5.75 Å². The number of esters is 1. The fourth-order valence-electron chi connectivity index (χ4n) is 3.79. The largest absolute Gasteiger partial charge is 0.495 e. The Labute approximate surface area is 133 Å². The van der Waals surface area contributed by atoms with Crippen LogP contribution in [0.4, 0.5) is 5.69 Å². The van der Waals surface area contributed by atoms with Gasteiger partial charge in [-0.3, -0.25) is 0 Å². The molecule has 1 aliphatic heterocycles. The molecule has 0 fully saturated rings. The number of hydrogen-bond acceptors (Lipinski definition) is 4. The number of methoxy groups -OCH3 is 2. The van der Waals surface area contributed by atoms with Crippen LogP contribution in [-0.4, -0.2) is 31.8 Å². The van der Waals surface area contributed by atoms with E-state index in [-0.39, 0.29) is 17.6 Å². The average Bonchev–Trinajstić information content (AvgIpc) is 2.49. The number of nitrogens with zero attached hydrogens (tertiary/aromatic N) is 1. The molecule has 0 aromatic heterocycles. The second-order valence-electron chi connectivity index (χ2n) is 6.63. The Kier molecular flexibility index (Phi) is 4.69. The summed E-state index contributed by atoms with van der Waals surface area (Å²) in [7, 11) is 3.13. The Morgan fingerprint density at radius 1 is 1.41 bits per heavy atom. The molecule has 22 heavy (non-hydrogen) atoms. The zero-order valence-corrected chi connectivity index (χ0v) is 14.5. The quantitative estimate of drug-likeness (QED) is 0.794. The molecule has 1 aliphatic rings. The van der Waals surface area contributed by atoms with E-state index in [1.54, 1.807) is 7.11 Å². The zero-order valence-electron chi connectivity index (χ0n) is 14.5. The standard InChI is InChI=1S/C18H27NO3/c1-7-14(17(20)22-6)19-16-13(9-8-10-15(16)21-5)12(2)11-18(19,3)4/h8-10,12,14H,7,11H2,1-6H3. The molecule has 2 unspecified atom stereocenters. The number of anilines is 1. The van der Waals surface area contributed by atoms with Gasteiger partial charge in [0.15, 0.2) is 0 Å². The van der Waals surface area contributed by atoms with Crippen LogP contribution in [0.5, 0.6) is 5.75 Å². The van der Waals surface area contributed by atoms with Crippen molar-refractivity contribution in [1.29, 1.82) is 0 Å². The first-order chi connectivity index (χ1) is 10.4. The smallest absolute Gasteiger partial charge is 0.328 e. The Bertz CT molecular complexity index is 553. The number of carbonyl (C=O) groups is 1. The Morgan fingerprint density at radius 3 is 2.64 bits per heavy atom. The van der Waals surface area contributed by atoms with E-state index in [1.165, 1.54) is 12.7 Å². The van der Waals surface area contributed by atoms with E-state index in [0.29, 0.717) is 12.3 Å². The summed E-state index contributed by atoms with van der Waals surface area (Å²) in [5.41, 5.74) is 2.13. The van der Waals surface area contributed by atoms with Gasteiger partial charge >= 0.3 is 5.97 Å². The molecule has 0 saturated carbocycles. The molecule has 0 N–H and O–H groups in total. The van der Waals surface area contributed by atoms with Crippen LogP contribution in [0, 0.1) is 0 Å². The van der Waals surface area contributed by atoms with E-state index >= 15 is 0 Å². The lowest BCUT2D eigenvalue weighted by molar-refractivity contribution is -0.142. The first-order valence-corrected chi connectivity index (χ1v) is 7.91. The highest BCUT2D eigenvalue weighted by atomic mass is 16.5. The average molecular weight is 305 g/mol. The van der Waals surface area contributed by atoms with Gasteiger partial charge in [0.1, 0.15) is 11.8 Å². The van der Waals surface area contributed by atoms with Gasteiger partial charge in [-0.25, -0.2) is 4.79 Å². The number of rotatable bonds is 4. The molecule has 0 spiro atoms. The van der Waals surface area contributed by atoms with Crippen LogP contribution in [0.15, 0.2) is 18.2 Å². The van der Waals surface area contributed by atoms with Gasteiger partial charge in [0, 0.05) is 5.54 Å². The maximum Gasteiger partial charge on any atom is 0.328 e. The van der Waals surface area contributed by atoms with Crippen molar-refractivity contribution < 1.29 is 14.3 Å². The molecule has 0 radical (unpaired) electrons. The summed E-state index contributed by atoms with van der Waals surface area (Å²) < 4.78 is 10.6. The van der Waals surface area contributed by atoms with Crippen molar-refractivity contribution in [2.24, 2.45) is 0 Å². The lowest BCUT2D eigenvalue weighted by atomic mass is 9.78. The summed E-state index contributed by atoms with van der Waals surface area (Å²) >= 11 is 0. The molecule has 122 valence electrons. The van der Waals surface area contributed by atoms with Crippen molar-refractivity contribution in [2.45, 2.75) is 58.0 Å². The minimum absolute atomic E-state index is 0.143. The van der Waals surface area contributed by atoms with Crippen LogP contribution in [-0.2, 0) is 9.53 Å². The van der Waals surface area contributed by atoms with Crippen LogP contribution in [0.3, 0.4) is 0 Å². The summed E-state index contributed by atoms with van der Waals surface area (Å²) in [6.07, 6.45) is 1.68. The fraction of sp³-hybridized carbons (Fsp3) is 0.611. The van der Waals surface area contributed by atoms with E-state index in [4.69, 9.17) is 9.47 Å². The molecule has 0 amide bonds. The molecule has 4 nitrogen and oxygen atoms in total. The molecule has 0 bridgehead atoms. The highest BCUT2D eigenvalue weighted by molar-refractivity contribution is 5.83. The number of ether oxygens (including phenoxy) is 2. The third-order valence-corrected chi connectivity index (χ3v) is 4.65. The molecule has 1 aromatic rings. The molecule has 1 heterocycles. The van der Waals surface area contributed by atoms with Gasteiger partial charge in [-0.2, -0.15) is 0 Å². The molecule has 0 aliphatic carbocycles. The number of hydrogen-bond donors (Lipinski definition) is 0. The highest BCUT2D eigenvalue weighted by Crippen LogP contribution is 2.49. The van der Waals surface area contributed by atoms with Crippen LogP contribution < -0.4 is 9.64 Å². The van der Waals surface area contributed by atoms with Crippen LogP contribution in [0.2, 0.25) is 0 Å². The SMILES string of the molecule is CCC(C(=O)OC)N1c2c(OC)cccc2C(C)CC1(C)C. The molecule has 2 rings (SSSR count). The molecular formula is C18H27NO3. The van der Waals surface area contributed by atoms with E-state index in [1.807, 2.05) is 19.1 Å². The molecular weight excluding hydrogens is 278 g/mol. The second-order valence-corrected chi connectivity index (χ2v) is 6.63. The zero-order chi connectivity index (χ0) is 16.5. The molecule has 4 heteroatoms. The minimum atomic E-state index is -0.303. The Morgan fingerprint density at radius 2 is 2.09 bits per heavy atom. The fourth-order valence-corrected chi connectivity index (χ4v) is 3.79. The first-order valence-electron chi connectivity index (χ1n) is 7.91. The van der Waals surface area contributed by atoms with Gasteiger partial charge < -0.3 is 14.4 Å².